The van der Waals surface area contributed by atoms with Gasteiger partial charge in [0.15, 0.2) is 0 Å². The third kappa shape index (κ3) is 2.91. The molecule has 118 valence electrons. The minimum atomic E-state index is 0.476. The summed E-state index contributed by atoms with van der Waals surface area (Å²) in [5.41, 5.74) is 2.47. The van der Waals surface area contributed by atoms with Gasteiger partial charge in [0.25, 0.3) is 0 Å². The fraction of sp³-hybridized carbons (Fsp3) is 0.800. The Morgan fingerprint density at radius 2 is 2.05 bits per heavy atom. The molecule has 3 aliphatic rings. The first-order chi connectivity index (χ1) is 10.1. The molecule has 3 saturated heterocycles. The van der Waals surface area contributed by atoms with Crippen LogP contribution in [0.1, 0.15) is 18.3 Å². The van der Waals surface area contributed by atoms with Crippen LogP contribution in [-0.2, 0) is 19.9 Å². The van der Waals surface area contributed by atoms with Gasteiger partial charge in [0.1, 0.15) is 0 Å². The van der Waals surface area contributed by atoms with Crippen molar-refractivity contribution in [3.63, 3.8) is 0 Å². The molecule has 5 nitrogen and oxygen atoms in total. The van der Waals surface area contributed by atoms with Crippen molar-refractivity contribution >= 4 is 15.9 Å². The van der Waals surface area contributed by atoms with Crippen molar-refractivity contribution in [2.45, 2.75) is 31.8 Å². The van der Waals surface area contributed by atoms with E-state index in [1.807, 2.05) is 4.68 Å². The molecule has 21 heavy (non-hydrogen) atoms. The van der Waals surface area contributed by atoms with Crippen LogP contribution in [0.25, 0.3) is 0 Å². The Labute approximate surface area is 135 Å². The van der Waals surface area contributed by atoms with E-state index in [1.165, 1.54) is 42.9 Å². The zero-order valence-corrected chi connectivity index (χ0v) is 14.9. The second-order valence-corrected chi connectivity index (χ2v) is 6.98. The highest BCUT2D eigenvalue weighted by Crippen LogP contribution is 2.26. The van der Waals surface area contributed by atoms with Crippen molar-refractivity contribution < 1.29 is 0 Å². The predicted octanol–water partition coefficient (Wildman–Crippen LogP) is 0.875. The highest BCUT2D eigenvalue weighted by molar-refractivity contribution is 9.10. The van der Waals surface area contributed by atoms with Crippen molar-refractivity contribution in [1.29, 1.82) is 0 Å². The van der Waals surface area contributed by atoms with Crippen LogP contribution in [-0.4, -0.2) is 71.4 Å². The van der Waals surface area contributed by atoms with Crippen LogP contribution < -0.4 is 5.32 Å². The minimum absolute atomic E-state index is 0.476. The first kappa shape index (κ1) is 15.5. The molecular formula is C15H26BrN5. The highest BCUT2D eigenvalue weighted by Gasteiger charge is 2.36. The molecule has 2 bridgehead atoms. The predicted molar refractivity (Wildman–Crippen MR) is 88.6 cm³/mol. The maximum atomic E-state index is 4.63. The average Bonchev–Trinajstić information content (AvgIpc) is 2.80. The number of rotatable bonds is 5. The molecule has 2 atom stereocenters. The summed E-state index contributed by atoms with van der Waals surface area (Å²) in [6.45, 7) is 8.27. The standard InChI is InChI=1S/C15H26BrN5/c1-4-11-15(16)13(19(3)18-11)9-12(17-2)14-10-20-5-7-21(14)8-6-20/h12,14,17H,4-10H2,1-3H3. The fourth-order valence-electron chi connectivity index (χ4n) is 3.72. The monoisotopic (exact) mass is 355 g/mol. The van der Waals surface area contributed by atoms with Crippen molar-refractivity contribution in [3.8, 4) is 0 Å². The molecule has 0 aliphatic carbocycles. The molecule has 1 N–H and O–H groups in total. The van der Waals surface area contributed by atoms with Crippen LogP contribution in [0, 0.1) is 0 Å². The second kappa shape index (κ2) is 6.36. The maximum Gasteiger partial charge on any atom is 0.0766 e. The SMILES string of the molecule is CCc1nn(C)c(CC(NC)C2CN3CCN2CC3)c1Br. The smallest absolute Gasteiger partial charge is 0.0766 e. The Balaban J connectivity index is 1.77. The normalized spacial score (nSPS) is 29.8. The van der Waals surface area contributed by atoms with Gasteiger partial charge in [-0.25, -0.2) is 0 Å². The Kier molecular flexibility index (Phi) is 4.69. The molecule has 1 aromatic rings. The number of likely N-dealkylation sites (N-methyl/N-ethyl adjacent to an activating group) is 1. The number of piperazine rings is 3. The van der Waals surface area contributed by atoms with Gasteiger partial charge >= 0.3 is 0 Å². The highest BCUT2D eigenvalue weighted by atomic mass is 79.9. The van der Waals surface area contributed by atoms with E-state index in [0.29, 0.717) is 12.1 Å². The molecule has 0 amide bonds. The van der Waals surface area contributed by atoms with E-state index in [4.69, 9.17) is 0 Å². The molecule has 0 spiro atoms. The summed E-state index contributed by atoms with van der Waals surface area (Å²) < 4.78 is 3.24. The summed E-state index contributed by atoms with van der Waals surface area (Å²) in [6, 6.07) is 1.09. The first-order valence-electron chi connectivity index (χ1n) is 7.98. The van der Waals surface area contributed by atoms with Crippen molar-refractivity contribution in [2.75, 3.05) is 39.8 Å². The van der Waals surface area contributed by atoms with Crippen LogP contribution in [0.3, 0.4) is 0 Å². The molecule has 3 aliphatic heterocycles. The third-order valence-electron chi connectivity index (χ3n) is 5.07. The molecule has 2 unspecified atom stereocenters. The van der Waals surface area contributed by atoms with E-state index in [2.05, 4.69) is 57.2 Å². The van der Waals surface area contributed by atoms with E-state index < -0.39 is 0 Å². The summed E-state index contributed by atoms with van der Waals surface area (Å²) in [4.78, 5) is 5.26. The number of fused-ring (bicyclic) bond motifs is 3. The minimum Gasteiger partial charge on any atom is -0.315 e. The maximum absolute atomic E-state index is 4.63. The Morgan fingerprint density at radius 1 is 1.33 bits per heavy atom. The van der Waals surface area contributed by atoms with Crippen molar-refractivity contribution in [1.82, 2.24) is 24.9 Å². The van der Waals surface area contributed by atoms with Gasteiger partial charge in [-0.15, -0.1) is 0 Å². The van der Waals surface area contributed by atoms with Crippen molar-refractivity contribution in [2.24, 2.45) is 7.05 Å². The molecule has 0 radical (unpaired) electrons. The number of nitrogens with zero attached hydrogens (tertiary/aromatic N) is 4. The summed E-state index contributed by atoms with van der Waals surface area (Å²) in [5, 5.41) is 8.18. The van der Waals surface area contributed by atoms with Gasteiger partial charge in [-0.1, -0.05) is 6.92 Å². The number of hydrogen-bond donors (Lipinski definition) is 1. The molecule has 0 aromatic carbocycles. The van der Waals surface area contributed by atoms with Gasteiger partial charge < -0.3 is 5.32 Å². The Morgan fingerprint density at radius 3 is 2.52 bits per heavy atom. The average molecular weight is 356 g/mol. The van der Waals surface area contributed by atoms with Gasteiger partial charge in [-0.2, -0.15) is 5.10 Å². The van der Waals surface area contributed by atoms with Gasteiger partial charge in [-0.3, -0.25) is 14.5 Å². The van der Waals surface area contributed by atoms with E-state index in [0.717, 1.165) is 18.5 Å². The lowest BCUT2D eigenvalue weighted by Gasteiger charge is -2.50. The molecule has 6 heteroatoms. The Bertz CT molecular complexity index is 492. The molecule has 3 fully saturated rings. The second-order valence-electron chi connectivity index (χ2n) is 6.19. The molecular weight excluding hydrogens is 330 g/mol. The number of aromatic nitrogens is 2. The molecule has 1 aromatic heterocycles. The first-order valence-corrected chi connectivity index (χ1v) is 8.77. The van der Waals surface area contributed by atoms with Crippen LogP contribution in [0.4, 0.5) is 0 Å². The summed E-state index contributed by atoms with van der Waals surface area (Å²) >= 11 is 3.75. The fourth-order valence-corrected chi connectivity index (χ4v) is 4.50. The number of aryl methyl sites for hydroxylation is 2. The van der Waals surface area contributed by atoms with E-state index >= 15 is 0 Å². The number of hydrogen-bond acceptors (Lipinski definition) is 4. The largest absolute Gasteiger partial charge is 0.315 e. The lowest BCUT2D eigenvalue weighted by Crippen LogP contribution is -2.66. The van der Waals surface area contributed by atoms with E-state index in [9.17, 15) is 0 Å². The lowest BCUT2D eigenvalue weighted by atomic mass is 9.96. The lowest BCUT2D eigenvalue weighted by molar-refractivity contribution is -0.00228. The van der Waals surface area contributed by atoms with Crippen molar-refractivity contribution in [3.05, 3.63) is 15.9 Å². The molecule has 4 heterocycles. The van der Waals surface area contributed by atoms with Gasteiger partial charge in [0.05, 0.1) is 15.9 Å². The van der Waals surface area contributed by atoms with E-state index in [1.54, 1.807) is 0 Å². The summed E-state index contributed by atoms with van der Waals surface area (Å²) in [7, 11) is 4.15. The molecule has 0 saturated carbocycles. The zero-order chi connectivity index (χ0) is 15.0. The van der Waals surface area contributed by atoms with Crippen LogP contribution in [0.5, 0.6) is 0 Å². The summed E-state index contributed by atoms with van der Waals surface area (Å²) in [5.74, 6) is 0. The zero-order valence-electron chi connectivity index (χ0n) is 13.3. The summed E-state index contributed by atoms with van der Waals surface area (Å²) in [6.07, 6.45) is 2.00. The quantitative estimate of drug-likeness (QED) is 0.850. The third-order valence-corrected chi connectivity index (χ3v) is 5.99. The van der Waals surface area contributed by atoms with Gasteiger partial charge in [-0.05, 0) is 29.4 Å². The molecule has 4 rings (SSSR count). The van der Waals surface area contributed by atoms with Gasteiger partial charge in [0, 0.05) is 58.3 Å². The number of nitrogens with one attached hydrogen (secondary N) is 1. The van der Waals surface area contributed by atoms with Crippen LogP contribution in [0.2, 0.25) is 0 Å². The van der Waals surface area contributed by atoms with E-state index in [-0.39, 0.29) is 0 Å². The van der Waals surface area contributed by atoms with Crippen LogP contribution >= 0.6 is 15.9 Å². The topological polar surface area (TPSA) is 36.3 Å². The number of halogens is 1. The Hall–Kier alpha value is -0.430. The van der Waals surface area contributed by atoms with Gasteiger partial charge in [0.2, 0.25) is 0 Å². The van der Waals surface area contributed by atoms with Crippen LogP contribution in [0.15, 0.2) is 4.47 Å².